The third kappa shape index (κ3) is 3.42. The molecule has 0 aliphatic carbocycles. The number of benzene rings is 8. The first-order valence-electron chi connectivity index (χ1n) is 18.0. The van der Waals surface area contributed by atoms with E-state index in [0.717, 1.165) is 77.4 Å². The molecule has 0 unspecified atom stereocenters. The molecule has 0 atom stereocenters. The molecule has 0 spiro atoms. The molecule has 0 bridgehead atoms. The van der Waals surface area contributed by atoms with E-state index in [4.69, 9.17) is 14.4 Å². The number of para-hydroxylation sites is 4. The molecule has 0 aliphatic rings. The SMILES string of the molecule is c1ccc2c(c1)ccc1nc(-n3c4cccc5c6cccc7c8ccccc8n(c8cccc3c8c54)c67)c(-c3cccc4c3oc3ccccc34)nc12. The Morgan fingerprint density at radius 3 is 2.00 bits per heavy atom. The van der Waals surface area contributed by atoms with Gasteiger partial charge in [0.2, 0.25) is 0 Å². The summed E-state index contributed by atoms with van der Waals surface area (Å²) in [6, 6.07) is 56.2. The lowest BCUT2D eigenvalue weighted by molar-refractivity contribution is 0.669. The van der Waals surface area contributed by atoms with Gasteiger partial charge in [-0.25, -0.2) is 9.97 Å². The predicted molar refractivity (Wildman–Crippen MR) is 219 cm³/mol. The second-order valence-corrected chi connectivity index (χ2v) is 14.1. The van der Waals surface area contributed by atoms with Crippen molar-refractivity contribution in [3.63, 3.8) is 0 Å². The van der Waals surface area contributed by atoms with Crippen LogP contribution in [0.15, 0.2) is 162 Å². The van der Waals surface area contributed by atoms with Crippen molar-refractivity contribution in [2.45, 2.75) is 0 Å². The van der Waals surface area contributed by atoms with Crippen LogP contribution in [0.1, 0.15) is 0 Å². The van der Waals surface area contributed by atoms with E-state index in [0.29, 0.717) is 0 Å². The smallest absolute Gasteiger partial charge is 0.165 e. The van der Waals surface area contributed by atoms with Crippen LogP contribution in [0.25, 0.3) is 121 Å². The van der Waals surface area contributed by atoms with Crippen molar-refractivity contribution in [3.05, 3.63) is 158 Å². The van der Waals surface area contributed by atoms with Gasteiger partial charge in [0.15, 0.2) is 5.82 Å². The molecule has 13 aromatic rings. The van der Waals surface area contributed by atoms with Gasteiger partial charge in [-0.15, -0.1) is 0 Å². The van der Waals surface area contributed by atoms with E-state index in [1.165, 1.54) is 43.4 Å². The molecule has 0 amide bonds. The molecule has 13 rings (SSSR count). The first-order valence-corrected chi connectivity index (χ1v) is 18.0. The molecule has 0 saturated carbocycles. The highest BCUT2D eigenvalue weighted by Gasteiger charge is 2.26. The number of hydrogen-bond donors (Lipinski definition) is 0. The molecule has 0 fully saturated rings. The number of nitrogens with zero attached hydrogens (tertiary/aromatic N) is 4. The summed E-state index contributed by atoms with van der Waals surface area (Å²) in [5.74, 6) is 0.770. The van der Waals surface area contributed by atoms with E-state index in [9.17, 15) is 0 Å². The fraction of sp³-hybridized carbons (Fsp3) is 0. The molecule has 0 N–H and O–H groups in total. The summed E-state index contributed by atoms with van der Waals surface area (Å²) in [4.78, 5) is 11.2. The van der Waals surface area contributed by atoms with Crippen molar-refractivity contribution in [2.24, 2.45) is 0 Å². The van der Waals surface area contributed by atoms with Crippen molar-refractivity contribution in [1.82, 2.24) is 18.9 Å². The number of furan rings is 1. The van der Waals surface area contributed by atoms with Crippen molar-refractivity contribution < 1.29 is 4.42 Å². The van der Waals surface area contributed by atoms with Crippen LogP contribution in [0.4, 0.5) is 0 Å². The van der Waals surface area contributed by atoms with E-state index < -0.39 is 0 Å². The highest BCUT2D eigenvalue weighted by atomic mass is 16.3. The summed E-state index contributed by atoms with van der Waals surface area (Å²) < 4.78 is 11.5. The molecule has 5 heteroatoms. The monoisotopic (exact) mass is 674 g/mol. The lowest BCUT2D eigenvalue weighted by atomic mass is 10.0. The Kier molecular flexibility index (Phi) is 5.06. The predicted octanol–water partition coefficient (Wildman–Crippen LogP) is 12.6. The standard InChI is InChI=1S/C48H26N4O/c1-2-12-28-27(11-1)25-26-36-44(28)50-45(35-19-8-18-34-30-14-4-6-24-41(30)53-47(34)35)48(49-36)52-38-21-9-15-31-33-17-7-16-32-29-13-3-5-20-37(29)51(46(32)33)39-22-10-23-40(52)43(39)42(31)38/h1-26H. The zero-order valence-electron chi connectivity index (χ0n) is 28.2. The number of hydrogen-bond acceptors (Lipinski definition) is 3. The van der Waals surface area contributed by atoms with E-state index in [-0.39, 0.29) is 0 Å². The van der Waals surface area contributed by atoms with Gasteiger partial charge in [0.25, 0.3) is 0 Å². The molecule has 0 aliphatic heterocycles. The minimum atomic E-state index is 0.770. The fourth-order valence-corrected chi connectivity index (χ4v) is 9.27. The van der Waals surface area contributed by atoms with Gasteiger partial charge in [-0.05, 0) is 53.2 Å². The summed E-state index contributed by atoms with van der Waals surface area (Å²) in [6.45, 7) is 0. The van der Waals surface area contributed by atoms with Crippen molar-refractivity contribution >= 4 is 104 Å². The lowest BCUT2D eigenvalue weighted by Gasteiger charge is -2.15. The Morgan fingerprint density at radius 2 is 1.08 bits per heavy atom. The van der Waals surface area contributed by atoms with Crippen molar-refractivity contribution in [1.29, 1.82) is 0 Å². The summed E-state index contributed by atoms with van der Waals surface area (Å²) >= 11 is 0. The van der Waals surface area contributed by atoms with Crippen LogP contribution in [0.3, 0.4) is 0 Å². The summed E-state index contributed by atoms with van der Waals surface area (Å²) in [5, 5.41) is 11.7. The molecule has 244 valence electrons. The summed E-state index contributed by atoms with van der Waals surface area (Å²) in [7, 11) is 0. The summed E-state index contributed by atoms with van der Waals surface area (Å²) in [6.07, 6.45) is 0. The van der Waals surface area contributed by atoms with Crippen LogP contribution >= 0.6 is 0 Å². The van der Waals surface area contributed by atoms with Crippen LogP contribution in [0.5, 0.6) is 0 Å². The van der Waals surface area contributed by atoms with Gasteiger partial charge in [0, 0.05) is 48.7 Å². The molecule has 5 heterocycles. The Hall–Kier alpha value is -7.24. The van der Waals surface area contributed by atoms with Crippen molar-refractivity contribution in [3.8, 4) is 17.1 Å². The Morgan fingerprint density at radius 1 is 0.434 bits per heavy atom. The molecular formula is C48H26N4O. The van der Waals surface area contributed by atoms with E-state index in [1.807, 2.05) is 12.1 Å². The maximum Gasteiger partial charge on any atom is 0.165 e. The number of aromatic nitrogens is 4. The molecule has 5 aromatic heterocycles. The van der Waals surface area contributed by atoms with E-state index in [2.05, 4.69) is 155 Å². The molecule has 8 aromatic carbocycles. The Bertz CT molecular complexity index is 3700. The quantitative estimate of drug-likeness (QED) is 0.172. The van der Waals surface area contributed by atoms with E-state index in [1.54, 1.807) is 0 Å². The van der Waals surface area contributed by atoms with Crippen molar-refractivity contribution in [2.75, 3.05) is 0 Å². The first-order chi connectivity index (χ1) is 26.3. The minimum Gasteiger partial charge on any atom is -0.455 e. The zero-order chi connectivity index (χ0) is 34.4. The molecule has 0 saturated heterocycles. The minimum absolute atomic E-state index is 0.770. The molecule has 5 nitrogen and oxygen atoms in total. The highest BCUT2D eigenvalue weighted by Crippen LogP contribution is 2.46. The normalized spacial score (nSPS) is 12.5. The second-order valence-electron chi connectivity index (χ2n) is 14.1. The van der Waals surface area contributed by atoms with Gasteiger partial charge >= 0.3 is 0 Å². The van der Waals surface area contributed by atoms with Crippen LogP contribution < -0.4 is 0 Å². The van der Waals surface area contributed by atoms with Gasteiger partial charge in [-0.3, -0.25) is 4.57 Å². The average Bonchev–Trinajstić information content (AvgIpc) is 3.85. The van der Waals surface area contributed by atoms with Gasteiger partial charge in [-0.2, -0.15) is 0 Å². The maximum atomic E-state index is 6.67. The third-order valence-electron chi connectivity index (χ3n) is 11.4. The first kappa shape index (κ1) is 27.5. The topological polar surface area (TPSA) is 48.3 Å². The number of rotatable bonds is 2. The largest absolute Gasteiger partial charge is 0.455 e. The van der Waals surface area contributed by atoms with Gasteiger partial charge in [-0.1, -0.05) is 115 Å². The molecule has 53 heavy (non-hydrogen) atoms. The Labute approximate surface area is 300 Å². The maximum absolute atomic E-state index is 6.67. The van der Waals surface area contributed by atoms with Gasteiger partial charge in [0.1, 0.15) is 16.9 Å². The third-order valence-corrected chi connectivity index (χ3v) is 11.4. The van der Waals surface area contributed by atoms with Crippen LogP contribution in [0, 0.1) is 0 Å². The average molecular weight is 675 g/mol. The highest BCUT2D eigenvalue weighted by molar-refractivity contribution is 6.31. The Balaban J connectivity index is 1.26. The van der Waals surface area contributed by atoms with Crippen LogP contribution in [-0.4, -0.2) is 18.9 Å². The molecule has 0 radical (unpaired) electrons. The van der Waals surface area contributed by atoms with Crippen LogP contribution in [-0.2, 0) is 0 Å². The second kappa shape index (κ2) is 9.75. The lowest BCUT2D eigenvalue weighted by Crippen LogP contribution is -2.04. The van der Waals surface area contributed by atoms with Gasteiger partial charge < -0.3 is 8.82 Å². The molecular weight excluding hydrogens is 649 g/mol. The fourth-order valence-electron chi connectivity index (χ4n) is 9.27. The zero-order valence-corrected chi connectivity index (χ0v) is 28.2. The number of fused-ring (bicyclic) bond motifs is 11. The van der Waals surface area contributed by atoms with Crippen LogP contribution in [0.2, 0.25) is 0 Å². The van der Waals surface area contributed by atoms with E-state index >= 15 is 0 Å². The summed E-state index contributed by atoms with van der Waals surface area (Å²) in [5.41, 5.74) is 10.8. The van der Waals surface area contributed by atoms with Gasteiger partial charge in [0.05, 0.1) is 38.6 Å².